The lowest BCUT2D eigenvalue weighted by molar-refractivity contribution is 0.0941. The second kappa shape index (κ2) is 6.50. The van der Waals surface area contributed by atoms with Crippen LogP contribution in [0.5, 0.6) is 0 Å². The van der Waals surface area contributed by atoms with E-state index in [0.29, 0.717) is 23.8 Å². The van der Waals surface area contributed by atoms with Crippen LogP contribution in [0.2, 0.25) is 0 Å². The van der Waals surface area contributed by atoms with Gasteiger partial charge in [-0.05, 0) is 25.0 Å². The highest BCUT2D eigenvalue weighted by Crippen LogP contribution is 2.30. The predicted octanol–water partition coefficient (Wildman–Crippen LogP) is 2.48. The SMILES string of the molecule is Cc1nc(N2CCOC[C@@H]2Cc2c[nH]c3ccccc23)sc1C(N)=O. The maximum absolute atomic E-state index is 11.5. The minimum absolute atomic E-state index is 0.180. The van der Waals surface area contributed by atoms with Crippen molar-refractivity contribution >= 4 is 33.3 Å². The maximum Gasteiger partial charge on any atom is 0.260 e. The number of thiazole rings is 1. The Morgan fingerprint density at radius 3 is 3.12 bits per heavy atom. The van der Waals surface area contributed by atoms with Gasteiger partial charge in [-0.25, -0.2) is 4.98 Å². The second-order valence-electron chi connectivity index (χ2n) is 6.26. The van der Waals surface area contributed by atoms with E-state index in [2.05, 4.69) is 39.3 Å². The molecule has 1 saturated heterocycles. The zero-order valence-electron chi connectivity index (χ0n) is 14.0. The van der Waals surface area contributed by atoms with Gasteiger partial charge in [0.25, 0.3) is 5.91 Å². The van der Waals surface area contributed by atoms with Gasteiger partial charge in [-0.1, -0.05) is 29.5 Å². The normalized spacial score (nSPS) is 18.0. The molecule has 0 saturated carbocycles. The first-order valence-corrected chi connectivity index (χ1v) is 9.11. The van der Waals surface area contributed by atoms with Crippen LogP contribution in [-0.2, 0) is 11.2 Å². The number of aromatic amines is 1. The van der Waals surface area contributed by atoms with Gasteiger partial charge in [-0.15, -0.1) is 0 Å². The number of nitrogens with zero attached hydrogens (tertiary/aromatic N) is 2. The highest BCUT2D eigenvalue weighted by atomic mass is 32.1. The fourth-order valence-corrected chi connectivity index (χ4v) is 4.38. The molecule has 25 heavy (non-hydrogen) atoms. The molecular weight excluding hydrogens is 336 g/mol. The number of hydrogen-bond donors (Lipinski definition) is 2. The summed E-state index contributed by atoms with van der Waals surface area (Å²) in [6, 6.07) is 8.48. The van der Waals surface area contributed by atoms with Gasteiger partial charge >= 0.3 is 0 Å². The molecule has 1 aromatic carbocycles. The van der Waals surface area contributed by atoms with Crippen LogP contribution in [0.3, 0.4) is 0 Å². The highest BCUT2D eigenvalue weighted by Gasteiger charge is 2.28. The topological polar surface area (TPSA) is 84.2 Å². The number of fused-ring (bicyclic) bond motifs is 1. The lowest BCUT2D eigenvalue weighted by atomic mass is 10.0. The number of primary amides is 1. The van der Waals surface area contributed by atoms with Crippen molar-refractivity contribution in [1.82, 2.24) is 9.97 Å². The molecule has 0 unspecified atom stereocenters. The number of carbonyl (C=O) groups is 1. The largest absolute Gasteiger partial charge is 0.377 e. The number of para-hydroxylation sites is 1. The molecule has 1 aliphatic heterocycles. The molecule has 4 rings (SSSR count). The molecule has 0 aliphatic carbocycles. The van der Waals surface area contributed by atoms with Crippen LogP contribution in [0.25, 0.3) is 10.9 Å². The van der Waals surface area contributed by atoms with Gasteiger partial charge in [0.1, 0.15) is 4.88 Å². The van der Waals surface area contributed by atoms with E-state index in [-0.39, 0.29) is 6.04 Å². The summed E-state index contributed by atoms with van der Waals surface area (Å²) in [6.07, 6.45) is 2.92. The number of aromatic nitrogens is 2. The fraction of sp³-hybridized carbons (Fsp3) is 0.333. The van der Waals surface area contributed by atoms with Crippen molar-refractivity contribution < 1.29 is 9.53 Å². The van der Waals surface area contributed by atoms with Gasteiger partial charge in [0.15, 0.2) is 5.13 Å². The third kappa shape index (κ3) is 3.01. The number of amides is 1. The summed E-state index contributed by atoms with van der Waals surface area (Å²) in [5, 5.41) is 2.08. The monoisotopic (exact) mass is 356 g/mol. The number of H-pyrrole nitrogens is 1. The molecule has 0 spiro atoms. The number of nitrogens with two attached hydrogens (primary N) is 1. The molecule has 2 aromatic heterocycles. The van der Waals surface area contributed by atoms with E-state index >= 15 is 0 Å². The zero-order chi connectivity index (χ0) is 17.4. The van der Waals surface area contributed by atoms with Crippen molar-refractivity contribution in [3.05, 3.63) is 46.6 Å². The number of benzene rings is 1. The van der Waals surface area contributed by atoms with Crippen molar-refractivity contribution in [3.8, 4) is 0 Å². The summed E-state index contributed by atoms with van der Waals surface area (Å²) < 4.78 is 5.71. The Labute approximate surface area is 149 Å². The molecule has 0 radical (unpaired) electrons. The molecule has 3 heterocycles. The number of rotatable bonds is 4. The smallest absolute Gasteiger partial charge is 0.260 e. The first-order chi connectivity index (χ1) is 12.1. The summed E-state index contributed by atoms with van der Waals surface area (Å²) in [5.74, 6) is -0.414. The lowest BCUT2D eigenvalue weighted by Gasteiger charge is -2.35. The summed E-state index contributed by atoms with van der Waals surface area (Å²) in [7, 11) is 0. The Morgan fingerprint density at radius 1 is 1.48 bits per heavy atom. The lowest BCUT2D eigenvalue weighted by Crippen LogP contribution is -2.46. The first kappa shape index (κ1) is 16.1. The van der Waals surface area contributed by atoms with Crippen molar-refractivity contribution in [2.45, 2.75) is 19.4 Å². The van der Waals surface area contributed by atoms with Crippen LogP contribution in [-0.4, -0.2) is 41.7 Å². The molecule has 1 atom stereocenters. The number of morpholine rings is 1. The number of ether oxygens (including phenoxy) is 1. The van der Waals surface area contributed by atoms with E-state index in [4.69, 9.17) is 10.5 Å². The molecule has 1 fully saturated rings. The minimum atomic E-state index is -0.414. The van der Waals surface area contributed by atoms with Crippen molar-refractivity contribution in [3.63, 3.8) is 0 Å². The third-order valence-corrected chi connectivity index (χ3v) is 5.82. The Hall–Kier alpha value is -2.38. The van der Waals surface area contributed by atoms with E-state index in [0.717, 1.165) is 23.6 Å². The number of nitrogens with one attached hydrogen (secondary N) is 1. The van der Waals surface area contributed by atoms with Gasteiger partial charge in [0.2, 0.25) is 0 Å². The van der Waals surface area contributed by atoms with Gasteiger partial charge in [0, 0.05) is 23.6 Å². The molecule has 130 valence electrons. The summed E-state index contributed by atoms with van der Waals surface area (Å²) in [5.41, 5.74) is 8.55. The maximum atomic E-state index is 11.5. The molecule has 7 heteroatoms. The Kier molecular flexibility index (Phi) is 4.19. The Balaban J connectivity index is 1.63. The summed E-state index contributed by atoms with van der Waals surface area (Å²) in [6.45, 7) is 3.90. The average Bonchev–Trinajstić information content (AvgIpc) is 3.20. The second-order valence-corrected chi connectivity index (χ2v) is 7.24. The summed E-state index contributed by atoms with van der Waals surface area (Å²) in [4.78, 5) is 22.2. The number of anilines is 1. The van der Waals surface area contributed by atoms with Crippen LogP contribution in [0, 0.1) is 6.92 Å². The van der Waals surface area contributed by atoms with Crippen LogP contribution in [0.15, 0.2) is 30.5 Å². The van der Waals surface area contributed by atoms with Crippen LogP contribution in [0.4, 0.5) is 5.13 Å². The van der Waals surface area contributed by atoms with Crippen molar-refractivity contribution in [2.75, 3.05) is 24.7 Å². The zero-order valence-corrected chi connectivity index (χ0v) is 14.8. The van der Waals surface area contributed by atoms with E-state index in [1.165, 1.54) is 22.3 Å². The number of carbonyl (C=O) groups excluding carboxylic acids is 1. The van der Waals surface area contributed by atoms with Crippen molar-refractivity contribution in [1.29, 1.82) is 0 Å². The Bertz CT molecular complexity index is 917. The third-order valence-electron chi connectivity index (χ3n) is 4.61. The molecular formula is C18H20N4O2S. The number of aryl methyl sites for hydroxylation is 1. The quantitative estimate of drug-likeness (QED) is 0.752. The molecule has 0 bridgehead atoms. The van der Waals surface area contributed by atoms with E-state index in [1.807, 2.05) is 13.0 Å². The Morgan fingerprint density at radius 2 is 2.32 bits per heavy atom. The van der Waals surface area contributed by atoms with Crippen molar-refractivity contribution in [2.24, 2.45) is 5.73 Å². The molecule has 3 N–H and O–H groups in total. The van der Waals surface area contributed by atoms with E-state index < -0.39 is 5.91 Å². The van der Waals surface area contributed by atoms with Gasteiger partial charge < -0.3 is 20.4 Å². The average molecular weight is 356 g/mol. The summed E-state index contributed by atoms with van der Waals surface area (Å²) >= 11 is 1.37. The van der Waals surface area contributed by atoms with E-state index in [9.17, 15) is 4.79 Å². The standard InChI is InChI=1S/C18H20N4O2S/c1-11-16(17(19)23)25-18(21-11)22-6-7-24-10-13(22)8-12-9-20-15-5-3-2-4-14(12)15/h2-5,9,13,20H,6-8,10H2,1H3,(H2,19,23)/t13-/m0/s1. The minimum Gasteiger partial charge on any atom is -0.377 e. The first-order valence-electron chi connectivity index (χ1n) is 8.30. The van der Waals surface area contributed by atoms with Crippen LogP contribution < -0.4 is 10.6 Å². The number of hydrogen-bond acceptors (Lipinski definition) is 5. The molecule has 1 amide bonds. The van der Waals surface area contributed by atoms with Crippen LogP contribution >= 0.6 is 11.3 Å². The highest BCUT2D eigenvalue weighted by molar-refractivity contribution is 7.17. The van der Waals surface area contributed by atoms with Gasteiger partial charge in [0.05, 0.1) is 24.9 Å². The van der Waals surface area contributed by atoms with Crippen LogP contribution in [0.1, 0.15) is 20.9 Å². The molecule has 6 nitrogen and oxygen atoms in total. The van der Waals surface area contributed by atoms with Gasteiger partial charge in [-0.2, -0.15) is 0 Å². The van der Waals surface area contributed by atoms with E-state index in [1.54, 1.807) is 0 Å². The fourth-order valence-electron chi connectivity index (χ4n) is 3.36. The van der Waals surface area contributed by atoms with Gasteiger partial charge in [-0.3, -0.25) is 4.79 Å². The molecule has 1 aliphatic rings. The molecule has 3 aromatic rings. The predicted molar refractivity (Wildman–Crippen MR) is 99.3 cm³/mol.